The maximum atomic E-state index is 10.3. The fourth-order valence-electron chi connectivity index (χ4n) is 1.88. The Labute approximate surface area is 105 Å². The third-order valence-corrected chi connectivity index (χ3v) is 12.8. The summed E-state index contributed by atoms with van der Waals surface area (Å²) in [6.45, 7) is 7.16. The van der Waals surface area contributed by atoms with E-state index in [1.165, 1.54) is 0 Å². The van der Waals surface area contributed by atoms with Crippen molar-refractivity contribution in [1.82, 2.24) is 0 Å². The summed E-state index contributed by atoms with van der Waals surface area (Å²) in [6, 6.07) is 0. The van der Waals surface area contributed by atoms with Gasteiger partial charge >= 0.3 is 105 Å². The molecule has 0 aliphatic rings. The van der Waals surface area contributed by atoms with Crippen molar-refractivity contribution in [2.75, 3.05) is 37.0 Å². The second kappa shape index (κ2) is 5.36. The van der Waals surface area contributed by atoms with Crippen molar-refractivity contribution >= 4 is 14.1 Å². The van der Waals surface area contributed by atoms with Crippen molar-refractivity contribution < 1.29 is 19.6 Å². The van der Waals surface area contributed by atoms with E-state index in [-0.39, 0.29) is 0 Å². The van der Waals surface area contributed by atoms with Gasteiger partial charge in [0.15, 0.2) is 0 Å². The number of hydrogen-bond donors (Lipinski definition) is 4. The Morgan fingerprint density at radius 2 is 0.824 bits per heavy atom. The zero-order valence-corrected chi connectivity index (χ0v) is 13.4. The molecule has 0 bridgehead atoms. The van der Waals surface area contributed by atoms with Crippen LogP contribution in [-0.4, -0.2) is 56.5 Å². The van der Waals surface area contributed by atoms with Gasteiger partial charge in [-0.15, -0.1) is 0 Å². The van der Waals surface area contributed by atoms with Crippen LogP contribution in [0.4, 0.5) is 0 Å². The second-order valence-electron chi connectivity index (χ2n) is 5.28. The van der Waals surface area contributed by atoms with E-state index in [1.54, 1.807) is 27.7 Å². The average Bonchev–Trinajstić information content (AvgIpc) is 2.30. The van der Waals surface area contributed by atoms with E-state index in [0.29, 0.717) is 43.4 Å². The van der Waals surface area contributed by atoms with Crippen molar-refractivity contribution in [3.63, 3.8) is 0 Å². The first-order valence-electron chi connectivity index (χ1n) is 6.53. The van der Waals surface area contributed by atoms with Crippen molar-refractivity contribution in [1.29, 1.82) is 0 Å². The minimum absolute atomic E-state index is 0.317. The van der Waals surface area contributed by atoms with E-state index in [4.69, 9.17) is 0 Å². The van der Waals surface area contributed by atoms with Gasteiger partial charge in [0.1, 0.15) is 0 Å². The van der Waals surface area contributed by atoms with E-state index in [0.717, 1.165) is 0 Å². The summed E-state index contributed by atoms with van der Waals surface area (Å²) in [5.74, 6) is 0. The molecule has 0 unspecified atom stereocenters. The molecule has 0 aromatic rings. The van der Waals surface area contributed by atoms with Gasteiger partial charge in [-0.1, -0.05) is 0 Å². The standard InChI is InChI=1S/C11H30O4P2/c1-5-16(12,13,6-2)10-9-11-17(14,15,7-3)8-4/h12-15H,5-11H2,1-4H3. The molecule has 4 N–H and O–H groups in total. The van der Waals surface area contributed by atoms with Gasteiger partial charge in [0.2, 0.25) is 0 Å². The van der Waals surface area contributed by atoms with Gasteiger partial charge in [0, 0.05) is 0 Å². The summed E-state index contributed by atoms with van der Waals surface area (Å²) in [4.78, 5) is 41.0. The Balaban J connectivity index is 4.52. The van der Waals surface area contributed by atoms with Crippen LogP contribution >= 0.6 is 14.1 Å². The zero-order chi connectivity index (χ0) is 13.8. The molecule has 17 heavy (non-hydrogen) atoms. The van der Waals surface area contributed by atoms with Gasteiger partial charge in [-0.25, -0.2) is 0 Å². The van der Waals surface area contributed by atoms with Crippen molar-refractivity contribution in [3.05, 3.63) is 0 Å². The molecule has 0 aromatic heterocycles. The Morgan fingerprint density at radius 3 is 1.00 bits per heavy atom. The van der Waals surface area contributed by atoms with Gasteiger partial charge < -0.3 is 0 Å². The molecule has 4 nitrogen and oxygen atoms in total. The summed E-state index contributed by atoms with van der Waals surface area (Å²) < 4.78 is 0. The zero-order valence-electron chi connectivity index (χ0n) is 11.6. The first kappa shape index (κ1) is 17.7. The summed E-state index contributed by atoms with van der Waals surface area (Å²) >= 11 is 0. The van der Waals surface area contributed by atoms with Gasteiger partial charge in [0.25, 0.3) is 0 Å². The van der Waals surface area contributed by atoms with Crippen LogP contribution < -0.4 is 0 Å². The Morgan fingerprint density at radius 1 is 0.588 bits per heavy atom. The Bertz CT molecular complexity index is 224. The molecule has 0 aliphatic heterocycles. The summed E-state index contributed by atoms with van der Waals surface area (Å²) in [5.41, 5.74) is 0. The van der Waals surface area contributed by atoms with E-state index >= 15 is 0 Å². The van der Waals surface area contributed by atoms with Crippen molar-refractivity contribution in [3.8, 4) is 0 Å². The van der Waals surface area contributed by atoms with Crippen LogP contribution in [0, 0.1) is 0 Å². The third-order valence-electron chi connectivity index (χ3n) is 4.27. The molecular weight excluding hydrogens is 258 g/mol. The van der Waals surface area contributed by atoms with Gasteiger partial charge in [-0.2, -0.15) is 0 Å². The fourth-order valence-corrected chi connectivity index (χ4v) is 6.07. The quantitative estimate of drug-likeness (QED) is 0.516. The molecule has 0 aromatic carbocycles. The van der Waals surface area contributed by atoms with E-state index in [9.17, 15) is 19.6 Å². The van der Waals surface area contributed by atoms with Crippen molar-refractivity contribution in [2.45, 2.75) is 34.1 Å². The van der Waals surface area contributed by atoms with Gasteiger partial charge in [-0.3, -0.25) is 0 Å². The van der Waals surface area contributed by atoms with Gasteiger partial charge in [-0.05, 0) is 0 Å². The molecule has 0 heterocycles. The monoisotopic (exact) mass is 288 g/mol. The summed E-state index contributed by atoms with van der Waals surface area (Å²) in [7, 11) is -7.05. The SMILES string of the molecule is CCP(O)(O)(CC)CCCP(O)(O)(CC)CC. The second-order valence-corrected chi connectivity index (χ2v) is 15.1. The van der Waals surface area contributed by atoms with Crippen LogP contribution in [-0.2, 0) is 0 Å². The predicted molar refractivity (Wildman–Crippen MR) is 79.2 cm³/mol. The van der Waals surface area contributed by atoms with E-state index in [2.05, 4.69) is 0 Å². The molecule has 0 radical (unpaired) electrons. The van der Waals surface area contributed by atoms with Crippen LogP contribution in [0.1, 0.15) is 34.1 Å². The summed E-state index contributed by atoms with van der Waals surface area (Å²) in [5, 5.41) is 0. The molecule has 0 amide bonds. The molecule has 0 rings (SSSR count). The molecular formula is C11H30O4P2. The van der Waals surface area contributed by atoms with E-state index in [1.807, 2.05) is 0 Å². The third kappa shape index (κ3) is 5.06. The minimum atomic E-state index is -3.53. The Hall–Kier alpha value is 0.700. The molecule has 0 spiro atoms. The molecule has 0 atom stereocenters. The molecule has 0 saturated heterocycles. The van der Waals surface area contributed by atoms with Crippen LogP contribution in [0.25, 0.3) is 0 Å². The molecule has 6 heteroatoms. The average molecular weight is 288 g/mol. The number of hydrogen-bond acceptors (Lipinski definition) is 4. The first-order valence-corrected chi connectivity index (χ1v) is 11.9. The van der Waals surface area contributed by atoms with Crippen LogP contribution in [0.15, 0.2) is 0 Å². The topological polar surface area (TPSA) is 80.9 Å². The summed E-state index contributed by atoms with van der Waals surface area (Å²) in [6.07, 6.45) is 2.65. The normalized spacial score (nSPS) is 18.1. The van der Waals surface area contributed by atoms with Crippen LogP contribution in [0.5, 0.6) is 0 Å². The molecule has 108 valence electrons. The predicted octanol–water partition coefficient (Wildman–Crippen LogP) is 2.19. The first-order chi connectivity index (χ1) is 7.51. The molecule has 0 fully saturated rings. The van der Waals surface area contributed by atoms with Crippen molar-refractivity contribution in [2.24, 2.45) is 0 Å². The molecule has 0 saturated carbocycles. The number of rotatable bonds is 8. The van der Waals surface area contributed by atoms with Crippen LogP contribution in [0.3, 0.4) is 0 Å². The Kier molecular flexibility index (Phi) is 5.59. The van der Waals surface area contributed by atoms with Gasteiger partial charge in [0.05, 0.1) is 0 Å². The van der Waals surface area contributed by atoms with E-state index < -0.39 is 14.1 Å². The maximum absolute atomic E-state index is 10.3. The van der Waals surface area contributed by atoms with Crippen LogP contribution in [0.2, 0.25) is 0 Å². The fraction of sp³-hybridized carbons (Fsp3) is 1.00. The molecule has 0 aliphatic carbocycles.